The first-order valence-electron chi connectivity index (χ1n) is 5.43. The highest BCUT2D eigenvalue weighted by molar-refractivity contribution is 7.98. The third kappa shape index (κ3) is 2.76. The van der Waals surface area contributed by atoms with Crippen molar-refractivity contribution >= 4 is 23.4 Å². The Balaban J connectivity index is 2.25. The lowest BCUT2D eigenvalue weighted by molar-refractivity contribution is 0.450. The van der Waals surface area contributed by atoms with Crippen LogP contribution >= 0.6 is 23.4 Å². The van der Waals surface area contributed by atoms with E-state index in [4.69, 9.17) is 16.3 Å². The van der Waals surface area contributed by atoms with Gasteiger partial charge in [-0.25, -0.2) is 0 Å². The molecule has 0 saturated heterocycles. The van der Waals surface area contributed by atoms with Crippen LogP contribution in [-0.4, -0.2) is 16.5 Å². The molecular weight excluding hydrogens is 268 g/mol. The molecule has 0 saturated carbocycles. The lowest BCUT2D eigenvalue weighted by Crippen LogP contribution is -1.97. The van der Waals surface area contributed by atoms with Crippen LogP contribution in [0.2, 0.25) is 5.15 Å². The maximum absolute atomic E-state index is 5.90. The van der Waals surface area contributed by atoms with E-state index >= 15 is 0 Å². The van der Waals surface area contributed by atoms with Gasteiger partial charge in [0.05, 0.1) is 0 Å². The molecule has 0 bridgehead atoms. The van der Waals surface area contributed by atoms with E-state index < -0.39 is 0 Å². The quantitative estimate of drug-likeness (QED) is 0.787. The molecule has 1 aromatic heterocycles. The van der Waals surface area contributed by atoms with Crippen LogP contribution in [0.25, 0.3) is 0 Å². The molecule has 1 heterocycles. The molecule has 0 unspecified atom stereocenters. The summed E-state index contributed by atoms with van der Waals surface area (Å²) >= 11 is 7.59. The fourth-order valence-electron chi connectivity index (χ4n) is 1.41. The maximum Gasteiger partial charge on any atom is 0.242 e. The van der Waals surface area contributed by atoms with Crippen LogP contribution in [0.5, 0.6) is 11.6 Å². The van der Waals surface area contributed by atoms with Crippen LogP contribution in [0.3, 0.4) is 0 Å². The fourth-order valence-corrected chi connectivity index (χ4v) is 1.99. The molecule has 1 aromatic carbocycles. The average molecular weight is 281 g/mol. The molecule has 0 aliphatic rings. The number of thioether (sulfide) groups is 1. The van der Waals surface area contributed by atoms with E-state index in [0.29, 0.717) is 11.0 Å². The molecular formula is C13H13ClN2OS. The van der Waals surface area contributed by atoms with E-state index in [1.54, 1.807) is 11.8 Å². The number of aromatic nitrogens is 2. The number of halogens is 1. The van der Waals surface area contributed by atoms with Gasteiger partial charge in [0.15, 0.2) is 5.15 Å². The van der Waals surface area contributed by atoms with Gasteiger partial charge < -0.3 is 4.74 Å². The first-order valence-corrected chi connectivity index (χ1v) is 7.03. The third-order valence-electron chi connectivity index (χ3n) is 2.70. The standard InChI is InChI=1S/C13H13ClN2OS/c1-8-9(2)13(16-15-12(8)14)17-10-4-6-11(18-3)7-5-10/h4-7H,1-3H3. The smallest absolute Gasteiger partial charge is 0.242 e. The molecule has 94 valence electrons. The van der Waals surface area contributed by atoms with Crippen molar-refractivity contribution in [3.05, 3.63) is 40.5 Å². The van der Waals surface area contributed by atoms with E-state index in [-0.39, 0.29) is 0 Å². The largest absolute Gasteiger partial charge is 0.437 e. The zero-order valence-electron chi connectivity index (χ0n) is 10.4. The number of benzene rings is 1. The zero-order chi connectivity index (χ0) is 13.1. The van der Waals surface area contributed by atoms with Crippen LogP contribution in [0.4, 0.5) is 0 Å². The molecule has 0 atom stereocenters. The second kappa shape index (κ2) is 5.59. The van der Waals surface area contributed by atoms with Gasteiger partial charge in [0.2, 0.25) is 5.88 Å². The molecule has 0 radical (unpaired) electrons. The lowest BCUT2D eigenvalue weighted by atomic mass is 10.2. The molecule has 5 heteroatoms. The van der Waals surface area contributed by atoms with E-state index in [1.807, 2.05) is 44.4 Å². The number of hydrogen-bond acceptors (Lipinski definition) is 4. The second-order valence-corrected chi connectivity index (χ2v) is 5.06. The highest BCUT2D eigenvalue weighted by atomic mass is 35.5. The zero-order valence-corrected chi connectivity index (χ0v) is 12.0. The molecule has 3 nitrogen and oxygen atoms in total. The van der Waals surface area contributed by atoms with Gasteiger partial charge in [-0.3, -0.25) is 0 Å². The van der Waals surface area contributed by atoms with Gasteiger partial charge in [0.1, 0.15) is 5.75 Å². The van der Waals surface area contributed by atoms with Gasteiger partial charge in [-0.2, -0.15) is 0 Å². The normalized spacial score (nSPS) is 10.4. The van der Waals surface area contributed by atoms with Gasteiger partial charge in [-0.1, -0.05) is 11.6 Å². The van der Waals surface area contributed by atoms with Crippen molar-refractivity contribution in [1.29, 1.82) is 0 Å². The van der Waals surface area contributed by atoms with Crippen molar-refractivity contribution < 1.29 is 4.74 Å². The molecule has 0 spiro atoms. The molecule has 0 amide bonds. The van der Waals surface area contributed by atoms with Crippen molar-refractivity contribution in [1.82, 2.24) is 10.2 Å². The minimum atomic E-state index is 0.414. The summed E-state index contributed by atoms with van der Waals surface area (Å²) < 4.78 is 5.70. The maximum atomic E-state index is 5.90. The Morgan fingerprint density at radius 3 is 2.33 bits per heavy atom. The Kier molecular flexibility index (Phi) is 4.09. The van der Waals surface area contributed by atoms with Gasteiger partial charge >= 0.3 is 0 Å². The predicted molar refractivity (Wildman–Crippen MR) is 74.8 cm³/mol. The van der Waals surface area contributed by atoms with Crippen molar-refractivity contribution in [3.63, 3.8) is 0 Å². The van der Waals surface area contributed by atoms with Gasteiger partial charge in [0.25, 0.3) is 0 Å². The van der Waals surface area contributed by atoms with E-state index in [9.17, 15) is 0 Å². The molecule has 2 aromatic rings. The Hall–Kier alpha value is -1.26. The van der Waals surface area contributed by atoms with Gasteiger partial charge in [0, 0.05) is 10.5 Å². The highest BCUT2D eigenvalue weighted by Gasteiger charge is 2.09. The minimum absolute atomic E-state index is 0.414. The first kappa shape index (κ1) is 13.2. The Morgan fingerprint density at radius 1 is 1.06 bits per heavy atom. The summed E-state index contributed by atoms with van der Waals surface area (Å²) in [5.41, 5.74) is 1.80. The molecule has 18 heavy (non-hydrogen) atoms. The van der Waals surface area contributed by atoms with Crippen LogP contribution < -0.4 is 4.74 Å². The van der Waals surface area contributed by atoms with Gasteiger partial charge in [-0.05, 0) is 49.9 Å². The summed E-state index contributed by atoms with van der Waals surface area (Å²) in [6.45, 7) is 3.82. The second-order valence-electron chi connectivity index (χ2n) is 3.82. The van der Waals surface area contributed by atoms with E-state index in [0.717, 1.165) is 16.9 Å². The van der Waals surface area contributed by atoms with Crippen LogP contribution in [0.15, 0.2) is 29.2 Å². The van der Waals surface area contributed by atoms with Crippen molar-refractivity contribution in [2.75, 3.05) is 6.26 Å². The predicted octanol–water partition coefficient (Wildman–Crippen LogP) is 4.26. The van der Waals surface area contributed by atoms with Crippen LogP contribution in [-0.2, 0) is 0 Å². The SMILES string of the molecule is CSc1ccc(Oc2nnc(Cl)c(C)c2C)cc1. The summed E-state index contributed by atoms with van der Waals surface area (Å²) in [6.07, 6.45) is 2.04. The van der Waals surface area contributed by atoms with Crippen LogP contribution in [0, 0.1) is 13.8 Å². The van der Waals surface area contributed by atoms with Gasteiger partial charge in [-0.15, -0.1) is 22.0 Å². The summed E-state index contributed by atoms with van der Waals surface area (Å²) in [5.74, 6) is 1.24. The lowest BCUT2D eigenvalue weighted by Gasteiger charge is -2.09. The topological polar surface area (TPSA) is 35.0 Å². The summed E-state index contributed by atoms with van der Waals surface area (Å²) in [5, 5.41) is 8.24. The summed E-state index contributed by atoms with van der Waals surface area (Å²) in [4.78, 5) is 1.19. The molecule has 0 aliphatic heterocycles. The summed E-state index contributed by atoms with van der Waals surface area (Å²) in [7, 11) is 0. The molecule has 0 fully saturated rings. The monoisotopic (exact) mass is 280 g/mol. The van der Waals surface area contributed by atoms with E-state index in [2.05, 4.69) is 10.2 Å². The Bertz CT molecular complexity index is 558. The third-order valence-corrected chi connectivity index (χ3v) is 3.80. The van der Waals surface area contributed by atoms with Crippen molar-refractivity contribution in [2.45, 2.75) is 18.7 Å². The molecule has 0 N–H and O–H groups in total. The Labute approximate surface area is 116 Å². The van der Waals surface area contributed by atoms with Crippen molar-refractivity contribution in [3.8, 4) is 11.6 Å². The molecule has 2 rings (SSSR count). The Morgan fingerprint density at radius 2 is 1.72 bits per heavy atom. The number of hydrogen-bond donors (Lipinski definition) is 0. The minimum Gasteiger partial charge on any atom is -0.437 e. The van der Waals surface area contributed by atoms with Crippen molar-refractivity contribution in [2.24, 2.45) is 0 Å². The molecule has 0 aliphatic carbocycles. The summed E-state index contributed by atoms with van der Waals surface area (Å²) in [6, 6.07) is 7.84. The van der Waals surface area contributed by atoms with E-state index in [1.165, 1.54) is 4.90 Å². The highest BCUT2D eigenvalue weighted by Crippen LogP contribution is 2.27. The average Bonchev–Trinajstić information content (AvgIpc) is 2.40. The fraction of sp³-hybridized carbons (Fsp3) is 0.231. The number of ether oxygens (including phenoxy) is 1. The first-order chi connectivity index (χ1) is 8.61. The van der Waals surface area contributed by atoms with Crippen LogP contribution in [0.1, 0.15) is 11.1 Å². The number of rotatable bonds is 3. The number of nitrogens with zero attached hydrogens (tertiary/aromatic N) is 2.